The molecule has 0 fully saturated rings. The maximum absolute atomic E-state index is 11.9. The average Bonchev–Trinajstić information content (AvgIpc) is 2.34. The van der Waals surface area contributed by atoms with Gasteiger partial charge in [0.15, 0.2) is 0 Å². The van der Waals surface area contributed by atoms with Gasteiger partial charge in [-0.15, -0.1) is 0 Å². The number of hydrogen-bond donors (Lipinski definition) is 4. The summed E-state index contributed by atoms with van der Waals surface area (Å²) in [7, 11) is -3.79. The van der Waals surface area contributed by atoms with Crippen LogP contribution in [0, 0.1) is 11.3 Å². The first-order valence-electron chi connectivity index (χ1n) is 5.19. The van der Waals surface area contributed by atoms with E-state index in [1.807, 2.05) is 6.07 Å². The third-order valence-electron chi connectivity index (χ3n) is 2.14. The zero-order valence-electron chi connectivity index (χ0n) is 9.88. The number of hydrogen-bond acceptors (Lipinski definition) is 5. The second kappa shape index (κ2) is 6.03. The van der Waals surface area contributed by atoms with Crippen LogP contribution in [-0.2, 0) is 10.0 Å². The van der Waals surface area contributed by atoms with Crippen LogP contribution in [0.15, 0.2) is 23.1 Å². The minimum atomic E-state index is -3.79. The lowest BCUT2D eigenvalue weighted by molar-refractivity contribution is 0.249. The summed E-state index contributed by atoms with van der Waals surface area (Å²) in [5.74, 6) is 0. The molecular formula is C10H13N5O3S. The molecule has 2 amide bonds. The molecule has 6 N–H and O–H groups in total. The smallest absolute Gasteiger partial charge is 0.312 e. The lowest BCUT2D eigenvalue weighted by atomic mass is 10.2. The van der Waals surface area contributed by atoms with Gasteiger partial charge >= 0.3 is 6.03 Å². The number of sulfonamides is 1. The van der Waals surface area contributed by atoms with E-state index in [1.54, 1.807) is 0 Å². The molecule has 0 atom stereocenters. The number of nitrogens with zero attached hydrogens (tertiary/aromatic N) is 1. The van der Waals surface area contributed by atoms with Crippen molar-refractivity contribution in [3.8, 4) is 6.07 Å². The highest BCUT2D eigenvalue weighted by Crippen LogP contribution is 2.18. The van der Waals surface area contributed by atoms with Gasteiger partial charge in [0.1, 0.15) is 4.90 Å². The normalized spacial score (nSPS) is 10.7. The van der Waals surface area contributed by atoms with E-state index in [-0.39, 0.29) is 29.2 Å². The van der Waals surface area contributed by atoms with Gasteiger partial charge in [0, 0.05) is 13.1 Å². The van der Waals surface area contributed by atoms with Crippen LogP contribution in [-0.4, -0.2) is 27.5 Å². The van der Waals surface area contributed by atoms with Crippen molar-refractivity contribution in [2.24, 2.45) is 5.73 Å². The molecule has 19 heavy (non-hydrogen) atoms. The standard InChI is InChI=1S/C10H13N5O3S/c11-6-7-1-2-9(8(12)5-7)19(17,18)15-4-3-14-10(13)16/h1-2,5,15H,3-4,12H2,(H3,13,14,16). The van der Waals surface area contributed by atoms with E-state index >= 15 is 0 Å². The zero-order valence-corrected chi connectivity index (χ0v) is 10.7. The highest BCUT2D eigenvalue weighted by molar-refractivity contribution is 7.89. The fraction of sp³-hybridized carbons (Fsp3) is 0.200. The molecule has 1 aromatic rings. The van der Waals surface area contributed by atoms with E-state index in [4.69, 9.17) is 16.7 Å². The van der Waals surface area contributed by atoms with Gasteiger partial charge in [0.25, 0.3) is 0 Å². The Bertz CT molecular complexity index is 621. The van der Waals surface area contributed by atoms with E-state index in [0.29, 0.717) is 0 Å². The van der Waals surface area contributed by atoms with Crippen molar-refractivity contribution in [2.45, 2.75) is 4.90 Å². The number of urea groups is 1. The minimum Gasteiger partial charge on any atom is -0.398 e. The van der Waals surface area contributed by atoms with Gasteiger partial charge in [0.2, 0.25) is 10.0 Å². The fourth-order valence-corrected chi connectivity index (χ4v) is 2.45. The van der Waals surface area contributed by atoms with E-state index in [1.165, 1.54) is 18.2 Å². The van der Waals surface area contributed by atoms with E-state index in [0.717, 1.165) is 0 Å². The van der Waals surface area contributed by atoms with Crippen LogP contribution < -0.4 is 21.5 Å². The highest BCUT2D eigenvalue weighted by atomic mass is 32.2. The Kier molecular flexibility index (Phi) is 4.68. The first-order chi connectivity index (χ1) is 8.86. The summed E-state index contributed by atoms with van der Waals surface area (Å²) >= 11 is 0. The summed E-state index contributed by atoms with van der Waals surface area (Å²) < 4.78 is 26.0. The lowest BCUT2D eigenvalue weighted by Gasteiger charge is -2.09. The number of nitrogens with one attached hydrogen (secondary N) is 2. The molecule has 0 radical (unpaired) electrons. The largest absolute Gasteiger partial charge is 0.398 e. The Balaban J connectivity index is 2.78. The molecule has 0 aliphatic rings. The number of primary amides is 1. The van der Waals surface area contributed by atoms with Crippen LogP contribution in [0.25, 0.3) is 0 Å². The number of nitriles is 1. The predicted molar refractivity (Wildman–Crippen MR) is 68.3 cm³/mol. The Labute approximate surface area is 110 Å². The zero-order chi connectivity index (χ0) is 14.5. The summed E-state index contributed by atoms with van der Waals surface area (Å²) in [6.45, 7) is 0.0372. The first kappa shape index (κ1) is 14.7. The summed E-state index contributed by atoms with van der Waals surface area (Å²) in [6.07, 6.45) is 0. The molecule has 0 aliphatic carbocycles. The summed E-state index contributed by atoms with van der Waals surface area (Å²) in [5.41, 5.74) is 10.7. The Morgan fingerprint density at radius 3 is 2.58 bits per heavy atom. The van der Waals surface area contributed by atoms with Gasteiger partial charge < -0.3 is 16.8 Å². The second-order valence-corrected chi connectivity index (χ2v) is 5.29. The number of amides is 2. The molecule has 0 saturated heterocycles. The summed E-state index contributed by atoms with van der Waals surface area (Å²) in [4.78, 5) is 10.3. The van der Waals surface area contributed by atoms with Crippen molar-refractivity contribution >= 4 is 21.7 Å². The minimum absolute atomic E-state index is 0.0191. The first-order valence-corrected chi connectivity index (χ1v) is 6.67. The van der Waals surface area contributed by atoms with Crippen molar-refractivity contribution in [1.82, 2.24) is 10.0 Å². The third-order valence-corrected chi connectivity index (χ3v) is 3.68. The highest BCUT2D eigenvalue weighted by Gasteiger charge is 2.17. The van der Waals surface area contributed by atoms with Crippen molar-refractivity contribution in [2.75, 3.05) is 18.8 Å². The molecule has 9 heteroatoms. The van der Waals surface area contributed by atoms with Gasteiger partial charge in [-0.05, 0) is 18.2 Å². The van der Waals surface area contributed by atoms with Crippen molar-refractivity contribution in [3.05, 3.63) is 23.8 Å². The number of benzene rings is 1. The molecule has 0 heterocycles. The molecule has 8 nitrogen and oxygen atoms in total. The quantitative estimate of drug-likeness (QED) is 0.407. The van der Waals surface area contributed by atoms with Crippen LogP contribution in [0.2, 0.25) is 0 Å². The van der Waals surface area contributed by atoms with Gasteiger partial charge in [-0.1, -0.05) is 0 Å². The number of nitrogens with two attached hydrogens (primary N) is 2. The monoisotopic (exact) mass is 283 g/mol. The SMILES string of the molecule is N#Cc1ccc(S(=O)(=O)NCCNC(N)=O)c(N)c1. The van der Waals surface area contributed by atoms with Gasteiger partial charge in [-0.2, -0.15) is 5.26 Å². The molecule has 1 aromatic carbocycles. The maximum Gasteiger partial charge on any atom is 0.312 e. The van der Waals surface area contributed by atoms with Gasteiger partial charge in [-0.25, -0.2) is 17.9 Å². The number of rotatable bonds is 5. The maximum atomic E-state index is 11.9. The molecule has 0 unspecified atom stereocenters. The molecule has 1 rings (SSSR count). The molecule has 0 aliphatic heterocycles. The molecule has 0 spiro atoms. The molecule has 0 bridgehead atoms. The van der Waals surface area contributed by atoms with E-state index in [2.05, 4.69) is 10.0 Å². The van der Waals surface area contributed by atoms with E-state index < -0.39 is 16.1 Å². The van der Waals surface area contributed by atoms with Crippen LogP contribution in [0.1, 0.15) is 5.56 Å². The molecule has 0 saturated carbocycles. The molecule has 102 valence electrons. The Morgan fingerprint density at radius 1 is 1.37 bits per heavy atom. The van der Waals surface area contributed by atoms with Crippen LogP contribution in [0.5, 0.6) is 0 Å². The van der Waals surface area contributed by atoms with Crippen LogP contribution in [0.3, 0.4) is 0 Å². The molecule has 0 aromatic heterocycles. The Morgan fingerprint density at radius 2 is 2.05 bits per heavy atom. The van der Waals surface area contributed by atoms with Crippen molar-refractivity contribution in [3.63, 3.8) is 0 Å². The third kappa shape index (κ3) is 4.13. The lowest BCUT2D eigenvalue weighted by Crippen LogP contribution is -2.37. The van der Waals surface area contributed by atoms with Gasteiger partial charge in [-0.3, -0.25) is 0 Å². The second-order valence-electron chi connectivity index (χ2n) is 3.55. The topological polar surface area (TPSA) is 151 Å². The van der Waals surface area contributed by atoms with Crippen molar-refractivity contribution in [1.29, 1.82) is 5.26 Å². The predicted octanol–water partition coefficient (Wildman–Crippen LogP) is -0.913. The van der Waals surface area contributed by atoms with Crippen molar-refractivity contribution < 1.29 is 13.2 Å². The van der Waals surface area contributed by atoms with Crippen LogP contribution >= 0.6 is 0 Å². The number of nitrogen functional groups attached to an aromatic ring is 1. The summed E-state index contributed by atoms with van der Waals surface area (Å²) in [5, 5.41) is 10.9. The Hall–Kier alpha value is -2.31. The van der Waals surface area contributed by atoms with Crippen LogP contribution in [0.4, 0.5) is 10.5 Å². The summed E-state index contributed by atoms with van der Waals surface area (Å²) in [6, 6.07) is 4.99. The van der Waals surface area contributed by atoms with Gasteiger partial charge in [0.05, 0.1) is 17.3 Å². The average molecular weight is 283 g/mol. The number of anilines is 1. The molecular weight excluding hydrogens is 270 g/mol. The fourth-order valence-electron chi connectivity index (χ4n) is 1.31. The van der Waals surface area contributed by atoms with E-state index in [9.17, 15) is 13.2 Å². The number of carbonyl (C=O) groups excluding carboxylic acids is 1. The number of carbonyl (C=O) groups is 1.